The average Bonchev–Trinajstić information content (AvgIpc) is 2.85. The van der Waals surface area contributed by atoms with Gasteiger partial charge < -0.3 is 19.2 Å². The maximum Gasteiger partial charge on any atom is 0.225 e. The molecule has 1 N–H and O–H groups in total. The number of aryl methyl sites for hydroxylation is 1. The topological polar surface area (TPSA) is 62.9 Å². The van der Waals surface area contributed by atoms with E-state index in [0.29, 0.717) is 19.8 Å². The molecule has 1 aromatic rings. The Morgan fingerprint density at radius 2 is 2.25 bits per heavy atom. The van der Waals surface area contributed by atoms with Crippen LogP contribution in [0, 0.1) is 12.8 Å². The van der Waals surface area contributed by atoms with Crippen molar-refractivity contribution in [1.82, 2.24) is 4.90 Å². The summed E-state index contributed by atoms with van der Waals surface area (Å²) in [5, 5.41) is 9.89. The number of ether oxygens (including phenoxy) is 1. The number of nitrogens with zero attached hydrogens (tertiary/aromatic N) is 1. The van der Waals surface area contributed by atoms with E-state index in [4.69, 9.17) is 9.15 Å². The fraction of sp³-hybridized carbons (Fsp3) is 0.667. The zero-order valence-electron chi connectivity index (χ0n) is 12.3. The second-order valence-electron chi connectivity index (χ2n) is 5.64. The van der Waals surface area contributed by atoms with Gasteiger partial charge in [0.2, 0.25) is 5.91 Å². The minimum absolute atomic E-state index is 0.0476. The number of carbonyl (C=O) groups is 1. The highest BCUT2D eigenvalue weighted by molar-refractivity contribution is 5.77. The van der Waals surface area contributed by atoms with Gasteiger partial charge in [-0.05, 0) is 25.0 Å². The van der Waals surface area contributed by atoms with Crippen LogP contribution in [-0.4, -0.2) is 41.8 Å². The summed E-state index contributed by atoms with van der Waals surface area (Å²) in [5.74, 6) is 1.59. The van der Waals surface area contributed by atoms with Crippen LogP contribution >= 0.6 is 0 Å². The smallest absolute Gasteiger partial charge is 0.225 e. The highest BCUT2D eigenvalue weighted by Gasteiger charge is 2.31. The van der Waals surface area contributed by atoms with Gasteiger partial charge in [-0.25, -0.2) is 0 Å². The first kappa shape index (κ1) is 15.1. The number of amides is 1. The van der Waals surface area contributed by atoms with Crippen molar-refractivity contribution in [2.75, 3.05) is 19.8 Å². The van der Waals surface area contributed by atoms with Gasteiger partial charge in [0.25, 0.3) is 0 Å². The lowest BCUT2D eigenvalue weighted by Gasteiger charge is -2.35. The zero-order valence-corrected chi connectivity index (χ0v) is 12.3. The quantitative estimate of drug-likeness (QED) is 0.915. The van der Waals surface area contributed by atoms with E-state index in [2.05, 4.69) is 0 Å². The number of hydrogen-bond acceptors (Lipinski definition) is 4. The van der Waals surface area contributed by atoms with E-state index in [0.717, 1.165) is 11.5 Å². The molecule has 0 radical (unpaired) electrons. The van der Waals surface area contributed by atoms with Crippen molar-refractivity contribution in [3.8, 4) is 0 Å². The van der Waals surface area contributed by atoms with E-state index in [1.807, 2.05) is 32.9 Å². The molecule has 1 amide bonds. The molecule has 20 heavy (non-hydrogen) atoms. The molecule has 5 nitrogen and oxygen atoms in total. The number of carbonyl (C=O) groups excluding carboxylic acids is 1. The molecule has 2 unspecified atom stereocenters. The van der Waals surface area contributed by atoms with Crippen molar-refractivity contribution >= 4 is 5.91 Å². The van der Waals surface area contributed by atoms with Crippen molar-refractivity contribution < 1.29 is 19.1 Å². The number of morpholine rings is 1. The molecule has 112 valence electrons. The Bertz CT molecular complexity index is 454. The molecule has 0 saturated carbocycles. The summed E-state index contributed by atoms with van der Waals surface area (Å²) in [7, 11) is 0. The van der Waals surface area contributed by atoms with Gasteiger partial charge >= 0.3 is 0 Å². The second-order valence-corrected chi connectivity index (χ2v) is 5.64. The first-order chi connectivity index (χ1) is 9.49. The molecule has 0 aliphatic carbocycles. The number of aliphatic hydroxyl groups excluding tert-OH is 1. The molecule has 0 bridgehead atoms. The molecule has 1 aliphatic heterocycles. The summed E-state index contributed by atoms with van der Waals surface area (Å²) in [6, 6.07) is 3.58. The summed E-state index contributed by atoms with van der Waals surface area (Å²) in [5.41, 5.74) is 0. The highest BCUT2D eigenvalue weighted by Crippen LogP contribution is 2.27. The molecule has 2 atom stereocenters. The third kappa shape index (κ3) is 3.41. The van der Waals surface area contributed by atoms with Gasteiger partial charge in [-0.15, -0.1) is 0 Å². The van der Waals surface area contributed by atoms with Crippen molar-refractivity contribution in [2.24, 2.45) is 5.92 Å². The van der Waals surface area contributed by atoms with E-state index in [1.165, 1.54) is 0 Å². The van der Waals surface area contributed by atoms with Crippen LogP contribution in [0.25, 0.3) is 0 Å². The molecular formula is C15H23NO4. The van der Waals surface area contributed by atoms with Gasteiger partial charge in [0.1, 0.15) is 17.6 Å². The monoisotopic (exact) mass is 281 g/mol. The van der Waals surface area contributed by atoms with Gasteiger partial charge in [0.15, 0.2) is 0 Å². The Hall–Kier alpha value is -1.33. The van der Waals surface area contributed by atoms with Crippen LogP contribution in [-0.2, 0) is 9.53 Å². The predicted octanol–water partition coefficient (Wildman–Crippen LogP) is 1.89. The lowest BCUT2D eigenvalue weighted by molar-refractivity contribution is -0.143. The Balaban J connectivity index is 2.08. The Morgan fingerprint density at radius 3 is 2.85 bits per heavy atom. The summed E-state index contributed by atoms with van der Waals surface area (Å²) in [4.78, 5) is 14.1. The fourth-order valence-electron chi connectivity index (χ4n) is 2.30. The standard InChI is InChI=1S/C15H23NO4/c1-10(2)13(17)8-15(18)16-6-7-19-9-12(16)14-5-4-11(3)20-14/h4-5,10,12-13,17H,6-9H2,1-3H3. The number of aliphatic hydroxyl groups is 1. The number of rotatable bonds is 4. The normalized spacial score (nSPS) is 21.2. The van der Waals surface area contributed by atoms with E-state index in [1.54, 1.807) is 4.90 Å². The van der Waals surface area contributed by atoms with Gasteiger partial charge in [0, 0.05) is 6.54 Å². The van der Waals surface area contributed by atoms with E-state index in [-0.39, 0.29) is 24.3 Å². The van der Waals surface area contributed by atoms with Gasteiger partial charge in [-0.1, -0.05) is 13.8 Å². The lowest BCUT2D eigenvalue weighted by Crippen LogP contribution is -2.44. The first-order valence-electron chi connectivity index (χ1n) is 7.10. The largest absolute Gasteiger partial charge is 0.464 e. The predicted molar refractivity (Wildman–Crippen MR) is 74.2 cm³/mol. The van der Waals surface area contributed by atoms with Crippen LogP contribution in [0.1, 0.15) is 37.8 Å². The van der Waals surface area contributed by atoms with Crippen LogP contribution in [0.15, 0.2) is 16.5 Å². The van der Waals surface area contributed by atoms with E-state index in [9.17, 15) is 9.90 Å². The first-order valence-corrected chi connectivity index (χ1v) is 7.10. The molecule has 5 heteroatoms. The molecule has 0 spiro atoms. The van der Waals surface area contributed by atoms with Crippen LogP contribution in [0.5, 0.6) is 0 Å². The van der Waals surface area contributed by atoms with Crippen LogP contribution in [0.3, 0.4) is 0 Å². The molecule has 0 aromatic carbocycles. The summed E-state index contributed by atoms with van der Waals surface area (Å²) in [6.07, 6.45) is -0.460. The van der Waals surface area contributed by atoms with E-state index >= 15 is 0 Å². The third-order valence-corrected chi connectivity index (χ3v) is 3.69. The number of furan rings is 1. The minimum Gasteiger partial charge on any atom is -0.464 e. The van der Waals surface area contributed by atoms with Crippen LogP contribution in [0.4, 0.5) is 0 Å². The minimum atomic E-state index is -0.607. The Kier molecular flexibility index (Phi) is 4.83. The van der Waals surface area contributed by atoms with E-state index < -0.39 is 6.10 Å². The fourth-order valence-corrected chi connectivity index (χ4v) is 2.30. The van der Waals surface area contributed by atoms with Crippen molar-refractivity contribution in [3.63, 3.8) is 0 Å². The van der Waals surface area contributed by atoms with Gasteiger partial charge in [-0.3, -0.25) is 4.79 Å². The molecule has 1 fully saturated rings. The lowest BCUT2D eigenvalue weighted by atomic mass is 10.0. The summed E-state index contributed by atoms with van der Waals surface area (Å²) < 4.78 is 11.1. The SMILES string of the molecule is Cc1ccc(C2COCCN2C(=O)CC(O)C(C)C)o1. The molecule has 1 aliphatic rings. The highest BCUT2D eigenvalue weighted by atomic mass is 16.5. The zero-order chi connectivity index (χ0) is 14.7. The van der Waals surface area contributed by atoms with Crippen molar-refractivity contribution in [2.45, 2.75) is 39.3 Å². The molecule has 1 saturated heterocycles. The maximum atomic E-state index is 12.4. The Morgan fingerprint density at radius 1 is 1.50 bits per heavy atom. The van der Waals surface area contributed by atoms with Gasteiger partial charge in [-0.2, -0.15) is 0 Å². The van der Waals surface area contributed by atoms with Gasteiger partial charge in [0.05, 0.1) is 25.7 Å². The summed E-state index contributed by atoms with van der Waals surface area (Å²) in [6.45, 7) is 7.20. The second kappa shape index (κ2) is 6.41. The molecule has 2 heterocycles. The molecule has 1 aromatic heterocycles. The van der Waals surface area contributed by atoms with Crippen molar-refractivity contribution in [3.05, 3.63) is 23.7 Å². The van der Waals surface area contributed by atoms with Crippen LogP contribution in [0.2, 0.25) is 0 Å². The average molecular weight is 281 g/mol. The summed E-state index contributed by atoms with van der Waals surface area (Å²) >= 11 is 0. The maximum absolute atomic E-state index is 12.4. The third-order valence-electron chi connectivity index (χ3n) is 3.69. The molecular weight excluding hydrogens is 258 g/mol. The Labute approximate surface area is 119 Å². The number of hydrogen-bond donors (Lipinski definition) is 1. The van der Waals surface area contributed by atoms with Crippen LogP contribution < -0.4 is 0 Å². The molecule has 2 rings (SSSR count). The van der Waals surface area contributed by atoms with Crippen molar-refractivity contribution in [1.29, 1.82) is 0 Å².